The fourth-order valence-electron chi connectivity index (χ4n) is 5.99. The van der Waals surface area contributed by atoms with Crippen LogP contribution >= 0.6 is 0 Å². The molecule has 3 aromatic rings. The minimum absolute atomic E-state index is 0.0448. The Balaban J connectivity index is 1.86. The van der Waals surface area contributed by atoms with Crippen molar-refractivity contribution in [3.05, 3.63) is 114 Å². The molecule has 282 valence electrons. The van der Waals surface area contributed by atoms with E-state index in [2.05, 4.69) is 94.2 Å². The quantitative estimate of drug-likeness (QED) is 0.0299. The molecule has 0 fully saturated rings. The van der Waals surface area contributed by atoms with Crippen molar-refractivity contribution in [2.24, 2.45) is 5.41 Å². The Morgan fingerprint density at radius 2 is 1.27 bits per heavy atom. The van der Waals surface area contributed by atoms with Crippen molar-refractivity contribution in [2.75, 3.05) is 33.0 Å². The third-order valence-corrected chi connectivity index (χ3v) is 9.51. The number of aryl methyl sites for hydroxylation is 3. The standard InChI is InChI=1S/C46H62O6/c1-8-10-11-12-13-14-17-37-19-21-38(22-20-37)39-23-25-40(26-24-39)43-28-42(18-15-27-50-36(7)34(3)4)44(29-41(43)16-9-2)51-32-46(30-47,31-48)33-52-45(49)35(5)6/h19-26,28-29,47-48H,3,5,7-18,27,30-33H2,1-2,4,6H3. The first-order valence-electron chi connectivity index (χ1n) is 19.1. The van der Waals surface area contributed by atoms with Crippen molar-refractivity contribution in [3.63, 3.8) is 0 Å². The zero-order valence-corrected chi connectivity index (χ0v) is 32.2. The Morgan fingerprint density at radius 3 is 1.87 bits per heavy atom. The van der Waals surface area contributed by atoms with E-state index in [1.54, 1.807) is 6.92 Å². The van der Waals surface area contributed by atoms with Crippen LogP contribution in [0.1, 0.15) is 95.8 Å². The summed E-state index contributed by atoms with van der Waals surface area (Å²) < 4.78 is 17.5. The van der Waals surface area contributed by atoms with Gasteiger partial charge in [-0.2, -0.15) is 0 Å². The van der Waals surface area contributed by atoms with Crippen molar-refractivity contribution >= 4 is 5.97 Å². The highest BCUT2D eigenvalue weighted by Gasteiger charge is 2.33. The molecule has 6 heteroatoms. The smallest absolute Gasteiger partial charge is 0.333 e. The molecule has 0 atom stereocenters. The molecule has 0 heterocycles. The Kier molecular flexibility index (Phi) is 17.9. The molecule has 0 bridgehead atoms. The molecule has 0 radical (unpaired) electrons. The predicted octanol–water partition coefficient (Wildman–Crippen LogP) is 10.4. The van der Waals surface area contributed by atoms with E-state index in [4.69, 9.17) is 14.2 Å². The van der Waals surface area contributed by atoms with Crippen molar-refractivity contribution in [2.45, 2.75) is 98.3 Å². The van der Waals surface area contributed by atoms with Gasteiger partial charge in [-0.25, -0.2) is 4.79 Å². The summed E-state index contributed by atoms with van der Waals surface area (Å²) in [6, 6.07) is 22.0. The molecule has 0 amide bonds. The van der Waals surface area contributed by atoms with Gasteiger partial charge < -0.3 is 24.4 Å². The van der Waals surface area contributed by atoms with E-state index < -0.39 is 24.6 Å². The van der Waals surface area contributed by atoms with Gasteiger partial charge in [0.1, 0.15) is 24.7 Å². The van der Waals surface area contributed by atoms with Gasteiger partial charge in [0.15, 0.2) is 0 Å². The molecular weight excluding hydrogens is 649 g/mol. The summed E-state index contributed by atoms with van der Waals surface area (Å²) >= 11 is 0. The predicted molar refractivity (Wildman–Crippen MR) is 214 cm³/mol. The molecular formula is C46H62O6. The number of benzene rings is 3. The first kappa shape index (κ1) is 42.3. The first-order valence-corrected chi connectivity index (χ1v) is 19.1. The van der Waals surface area contributed by atoms with Crippen LogP contribution in [-0.2, 0) is 33.5 Å². The summed E-state index contributed by atoms with van der Waals surface area (Å²) in [5, 5.41) is 20.6. The topological polar surface area (TPSA) is 85.2 Å². The second-order valence-corrected chi connectivity index (χ2v) is 14.3. The van der Waals surface area contributed by atoms with Gasteiger partial charge in [0.25, 0.3) is 0 Å². The second kappa shape index (κ2) is 22.1. The Labute approximate surface area is 313 Å². The number of esters is 1. The number of allylic oxidation sites excluding steroid dienone is 1. The molecule has 0 aliphatic carbocycles. The molecule has 3 rings (SSSR count). The lowest BCUT2D eigenvalue weighted by Crippen LogP contribution is -2.41. The maximum Gasteiger partial charge on any atom is 0.333 e. The minimum atomic E-state index is -1.18. The van der Waals surface area contributed by atoms with Gasteiger partial charge >= 0.3 is 5.97 Å². The van der Waals surface area contributed by atoms with Gasteiger partial charge in [-0.3, -0.25) is 0 Å². The van der Waals surface area contributed by atoms with E-state index in [1.807, 2.05) is 6.92 Å². The largest absolute Gasteiger partial charge is 0.494 e. The van der Waals surface area contributed by atoms with Gasteiger partial charge in [-0.05, 0) is 103 Å². The SMILES string of the molecule is C=C(C)C(=C)OCCCc1cc(-c2ccc(-c3ccc(CCCCCCCC)cc3)cc2)c(CCC)cc1OCC(CO)(CO)COC(=O)C(=C)C. The lowest BCUT2D eigenvalue weighted by molar-refractivity contribution is -0.146. The first-order chi connectivity index (χ1) is 25.1. The Morgan fingerprint density at radius 1 is 0.654 bits per heavy atom. The maximum atomic E-state index is 12.1. The van der Waals surface area contributed by atoms with Crippen LogP contribution in [0.25, 0.3) is 22.3 Å². The summed E-state index contributed by atoms with van der Waals surface area (Å²) in [5.41, 5.74) is 8.02. The van der Waals surface area contributed by atoms with Gasteiger partial charge in [-0.15, -0.1) is 0 Å². The van der Waals surface area contributed by atoms with Crippen LogP contribution in [-0.4, -0.2) is 49.2 Å². The van der Waals surface area contributed by atoms with E-state index in [9.17, 15) is 15.0 Å². The number of hydrogen-bond donors (Lipinski definition) is 2. The lowest BCUT2D eigenvalue weighted by Gasteiger charge is -2.30. The minimum Gasteiger partial charge on any atom is -0.494 e. The molecule has 0 saturated carbocycles. The molecule has 0 aromatic heterocycles. The molecule has 0 saturated heterocycles. The number of unbranched alkanes of at least 4 members (excludes halogenated alkanes) is 5. The molecule has 3 aromatic carbocycles. The number of hydrogen-bond acceptors (Lipinski definition) is 6. The zero-order chi connectivity index (χ0) is 37.9. The summed E-state index contributed by atoms with van der Waals surface area (Å²) in [4.78, 5) is 12.1. The van der Waals surface area contributed by atoms with E-state index in [1.165, 1.54) is 55.2 Å². The van der Waals surface area contributed by atoms with Crippen LogP contribution in [0.5, 0.6) is 5.75 Å². The molecule has 52 heavy (non-hydrogen) atoms. The summed E-state index contributed by atoms with van der Waals surface area (Å²) in [6.07, 6.45) is 12.1. The average Bonchev–Trinajstić information content (AvgIpc) is 3.15. The van der Waals surface area contributed by atoms with Crippen LogP contribution in [0, 0.1) is 5.41 Å². The normalized spacial score (nSPS) is 11.3. The fourth-order valence-corrected chi connectivity index (χ4v) is 5.99. The van der Waals surface area contributed by atoms with Crippen LogP contribution in [0.15, 0.2) is 97.3 Å². The summed E-state index contributed by atoms with van der Waals surface area (Å²) in [5.74, 6) is 0.661. The van der Waals surface area contributed by atoms with Gasteiger partial charge in [0.2, 0.25) is 0 Å². The lowest BCUT2D eigenvalue weighted by atomic mass is 9.91. The highest BCUT2D eigenvalue weighted by Crippen LogP contribution is 2.35. The third kappa shape index (κ3) is 13.1. The van der Waals surface area contributed by atoms with Crippen molar-refractivity contribution in [1.82, 2.24) is 0 Å². The van der Waals surface area contributed by atoms with Crippen LogP contribution in [0.3, 0.4) is 0 Å². The molecule has 0 aliphatic heterocycles. The summed E-state index contributed by atoms with van der Waals surface area (Å²) in [6.45, 7) is 18.7. The Bertz CT molecular complexity index is 1580. The van der Waals surface area contributed by atoms with E-state index in [0.717, 1.165) is 47.1 Å². The van der Waals surface area contributed by atoms with Crippen LogP contribution < -0.4 is 4.74 Å². The number of carbonyl (C=O) groups excluding carboxylic acids is 1. The molecule has 0 spiro atoms. The number of rotatable bonds is 25. The Hall–Kier alpha value is -4.13. The molecule has 0 unspecified atom stereocenters. The number of aliphatic hydroxyl groups is 2. The fraction of sp³-hybridized carbons (Fsp3) is 0.457. The van der Waals surface area contributed by atoms with E-state index in [0.29, 0.717) is 31.0 Å². The van der Waals surface area contributed by atoms with Gasteiger partial charge in [-0.1, -0.05) is 121 Å². The third-order valence-electron chi connectivity index (χ3n) is 9.51. The van der Waals surface area contributed by atoms with E-state index in [-0.39, 0.29) is 18.8 Å². The average molecular weight is 711 g/mol. The number of carbonyl (C=O) groups is 1. The zero-order valence-electron chi connectivity index (χ0n) is 32.2. The highest BCUT2D eigenvalue weighted by molar-refractivity contribution is 5.86. The highest BCUT2D eigenvalue weighted by atomic mass is 16.5. The maximum absolute atomic E-state index is 12.1. The molecule has 6 nitrogen and oxygen atoms in total. The van der Waals surface area contributed by atoms with Gasteiger partial charge in [0, 0.05) is 5.57 Å². The van der Waals surface area contributed by atoms with Gasteiger partial charge in [0.05, 0.1) is 25.2 Å². The molecule has 0 aliphatic rings. The van der Waals surface area contributed by atoms with Crippen LogP contribution in [0.2, 0.25) is 0 Å². The number of ether oxygens (including phenoxy) is 3. The van der Waals surface area contributed by atoms with Crippen molar-refractivity contribution < 1.29 is 29.2 Å². The second-order valence-electron chi connectivity index (χ2n) is 14.3. The number of aliphatic hydroxyl groups excluding tert-OH is 2. The van der Waals surface area contributed by atoms with Crippen molar-refractivity contribution in [1.29, 1.82) is 0 Å². The van der Waals surface area contributed by atoms with Crippen LogP contribution in [0.4, 0.5) is 0 Å². The van der Waals surface area contributed by atoms with E-state index >= 15 is 0 Å². The van der Waals surface area contributed by atoms with Crippen molar-refractivity contribution in [3.8, 4) is 28.0 Å². The monoisotopic (exact) mass is 710 g/mol. The molecule has 2 N–H and O–H groups in total. The summed E-state index contributed by atoms with van der Waals surface area (Å²) in [7, 11) is 0.